The molecule has 1 aliphatic rings. The second-order valence-electron chi connectivity index (χ2n) is 5.20. The average Bonchev–Trinajstić information content (AvgIpc) is 2.48. The summed E-state index contributed by atoms with van der Waals surface area (Å²) < 4.78 is 32.7. The van der Waals surface area contributed by atoms with Gasteiger partial charge < -0.3 is 9.64 Å². The van der Waals surface area contributed by atoms with Crippen LogP contribution in [0.3, 0.4) is 0 Å². The fourth-order valence-electron chi connectivity index (χ4n) is 2.60. The molecule has 0 unspecified atom stereocenters. The summed E-state index contributed by atoms with van der Waals surface area (Å²) in [6.07, 6.45) is 1.13. The highest BCUT2D eigenvalue weighted by Crippen LogP contribution is 2.28. The Balaban J connectivity index is 2.14. The summed E-state index contributed by atoms with van der Waals surface area (Å²) in [5, 5.41) is 0. The van der Waals surface area contributed by atoms with Crippen molar-refractivity contribution in [3.63, 3.8) is 0 Å². The van der Waals surface area contributed by atoms with Crippen molar-refractivity contribution in [2.24, 2.45) is 0 Å². The van der Waals surface area contributed by atoms with Crippen molar-refractivity contribution in [2.45, 2.75) is 18.2 Å². The Morgan fingerprint density at radius 2 is 2.00 bits per heavy atom. The average molecular weight is 378 g/mol. The van der Waals surface area contributed by atoms with Gasteiger partial charge in [0.25, 0.3) is 0 Å². The number of halogens is 1. The number of benzene rings is 1. The lowest BCUT2D eigenvalue weighted by molar-refractivity contribution is -0.903. The van der Waals surface area contributed by atoms with Gasteiger partial charge in [-0.3, -0.25) is 0 Å². The molecule has 1 aliphatic heterocycles. The van der Waals surface area contributed by atoms with Gasteiger partial charge in [0, 0.05) is 0 Å². The zero-order chi connectivity index (χ0) is 15.5. The van der Waals surface area contributed by atoms with Crippen LogP contribution in [-0.2, 0) is 10.0 Å². The lowest BCUT2D eigenvalue weighted by atomic mass is 10.3. The van der Waals surface area contributed by atoms with Gasteiger partial charge in [-0.25, -0.2) is 8.42 Å². The normalized spacial score (nSPS) is 17.9. The number of piperazine rings is 1. The van der Waals surface area contributed by atoms with Crippen LogP contribution in [0, 0.1) is 0 Å². The number of nitrogens with zero attached hydrogens (tertiary/aromatic N) is 1. The predicted octanol–water partition coefficient (Wildman–Crippen LogP) is 0.757. The molecule has 1 aromatic rings. The fraction of sp³-hybridized carbons (Fsp3) is 0.571. The summed E-state index contributed by atoms with van der Waals surface area (Å²) >= 11 is 3.34. The Kier molecular flexibility index (Phi) is 5.65. The number of rotatable bonds is 5. The van der Waals surface area contributed by atoms with E-state index in [9.17, 15) is 8.42 Å². The Labute approximate surface area is 135 Å². The van der Waals surface area contributed by atoms with E-state index in [1.54, 1.807) is 29.6 Å². The maximum absolute atomic E-state index is 12.7. The first kappa shape index (κ1) is 16.7. The highest BCUT2D eigenvalue weighted by molar-refractivity contribution is 9.10. The van der Waals surface area contributed by atoms with Crippen LogP contribution in [0.4, 0.5) is 0 Å². The van der Waals surface area contributed by atoms with Crippen LogP contribution in [0.25, 0.3) is 0 Å². The van der Waals surface area contributed by atoms with Gasteiger partial charge in [-0.2, -0.15) is 4.31 Å². The number of methoxy groups -OCH3 is 1. The monoisotopic (exact) mass is 377 g/mol. The van der Waals surface area contributed by atoms with Crippen molar-refractivity contribution in [3.05, 3.63) is 22.7 Å². The maximum Gasteiger partial charge on any atom is 0.243 e. The van der Waals surface area contributed by atoms with Crippen molar-refractivity contribution >= 4 is 26.0 Å². The highest BCUT2D eigenvalue weighted by atomic mass is 79.9. The number of sulfonamides is 1. The molecule has 21 heavy (non-hydrogen) atoms. The Morgan fingerprint density at radius 1 is 1.33 bits per heavy atom. The number of ether oxygens (including phenoxy) is 1. The minimum atomic E-state index is -3.41. The number of hydrogen-bond acceptors (Lipinski definition) is 3. The van der Waals surface area contributed by atoms with Crippen molar-refractivity contribution < 1.29 is 18.1 Å². The van der Waals surface area contributed by atoms with Crippen LogP contribution in [-0.4, -0.2) is 52.6 Å². The molecule has 1 heterocycles. The van der Waals surface area contributed by atoms with E-state index < -0.39 is 10.0 Å². The van der Waals surface area contributed by atoms with Crippen LogP contribution in [0.1, 0.15) is 13.3 Å². The zero-order valence-electron chi connectivity index (χ0n) is 12.4. The highest BCUT2D eigenvalue weighted by Gasteiger charge is 2.30. The van der Waals surface area contributed by atoms with Crippen molar-refractivity contribution in [1.82, 2.24) is 4.31 Å². The first-order valence-corrected chi connectivity index (χ1v) is 9.39. The van der Waals surface area contributed by atoms with E-state index in [1.807, 2.05) is 0 Å². The molecule has 0 aromatic heterocycles. The molecule has 0 aliphatic carbocycles. The van der Waals surface area contributed by atoms with E-state index in [4.69, 9.17) is 4.74 Å². The molecule has 0 saturated carbocycles. The van der Waals surface area contributed by atoms with Gasteiger partial charge in [0.2, 0.25) is 10.0 Å². The van der Waals surface area contributed by atoms with Gasteiger partial charge in [-0.15, -0.1) is 0 Å². The predicted molar refractivity (Wildman–Crippen MR) is 85.3 cm³/mol. The number of hydrogen-bond donors (Lipinski definition) is 1. The second-order valence-corrected chi connectivity index (χ2v) is 7.99. The third-order valence-corrected chi connectivity index (χ3v) is 6.31. The first-order valence-electron chi connectivity index (χ1n) is 7.16. The van der Waals surface area contributed by atoms with Crippen LogP contribution < -0.4 is 9.64 Å². The van der Waals surface area contributed by atoms with Gasteiger partial charge in [-0.1, -0.05) is 6.92 Å². The topological polar surface area (TPSA) is 51.0 Å². The van der Waals surface area contributed by atoms with Gasteiger partial charge in [-0.05, 0) is 40.5 Å². The molecule has 5 nitrogen and oxygen atoms in total. The maximum atomic E-state index is 12.7. The summed E-state index contributed by atoms with van der Waals surface area (Å²) in [7, 11) is -1.85. The summed E-state index contributed by atoms with van der Waals surface area (Å²) in [5.74, 6) is 0.631. The second kappa shape index (κ2) is 7.09. The third-order valence-electron chi connectivity index (χ3n) is 3.79. The molecule has 1 N–H and O–H groups in total. The molecule has 0 amide bonds. The van der Waals surface area contributed by atoms with Crippen molar-refractivity contribution in [3.8, 4) is 5.75 Å². The largest absolute Gasteiger partial charge is 0.496 e. The van der Waals surface area contributed by atoms with Crippen LogP contribution >= 0.6 is 15.9 Å². The summed E-state index contributed by atoms with van der Waals surface area (Å²) in [6.45, 7) is 6.20. The standard InChI is InChI=1S/C14H21BrN2O3S/c1-3-6-16-7-9-17(10-8-16)21(18,19)12-4-5-14(20-2)13(15)11-12/h4-5,11H,3,6-10H2,1-2H3/p+1. The third kappa shape index (κ3) is 3.77. The molecule has 1 fully saturated rings. The van der Waals surface area contributed by atoms with Crippen molar-refractivity contribution in [1.29, 1.82) is 0 Å². The lowest BCUT2D eigenvalue weighted by Crippen LogP contribution is -3.14. The quantitative estimate of drug-likeness (QED) is 0.823. The Hall–Kier alpha value is -0.630. The molecule has 1 saturated heterocycles. The van der Waals surface area contributed by atoms with Crippen LogP contribution in [0.5, 0.6) is 5.75 Å². The van der Waals surface area contributed by atoms with E-state index in [0.717, 1.165) is 26.1 Å². The molecule has 7 heteroatoms. The summed E-state index contributed by atoms with van der Waals surface area (Å²) in [6, 6.07) is 4.89. The molecular weight excluding hydrogens is 356 g/mol. The molecule has 0 atom stereocenters. The molecule has 2 rings (SSSR count). The Morgan fingerprint density at radius 3 is 2.52 bits per heavy atom. The van der Waals surface area contributed by atoms with Gasteiger partial charge in [0.15, 0.2) is 0 Å². The Bertz CT molecular complexity index is 584. The van der Waals surface area contributed by atoms with Gasteiger partial charge >= 0.3 is 0 Å². The number of nitrogens with one attached hydrogen (secondary N) is 1. The smallest absolute Gasteiger partial charge is 0.243 e. The van der Waals surface area contributed by atoms with E-state index in [2.05, 4.69) is 22.9 Å². The van der Waals surface area contributed by atoms with E-state index >= 15 is 0 Å². The minimum absolute atomic E-state index is 0.314. The number of quaternary nitrogens is 1. The molecular formula is C14H22BrN2O3S+. The van der Waals surface area contributed by atoms with Gasteiger partial charge in [0.1, 0.15) is 5.75 Å². The SMILES string of the molecule is CCC[NH+]1CCN(S(=O)(=O)c2ccc(OC)c(Br)c2)CC1. The first-order chi connectivity index (χ1) is 9.98. The minimum Gasteiger partial charge on any atom is -0.496 e. The molecule has 0 radical (unpaired) electrons. The van der Waals surface area contributed by atoms with E-state index in [1.165, 1.54) is 4.90 Å². The molecule has 0 bridgehead atoms. The molecule has 1 aromatic carbocycles. The van der Waals surface area contributed by atoms with E-state index in [-0.39, 0.29) is 0 Å². The van der Waals surface area contributed by atoms with E-state index in [0.29, 0.717) is 28.2 Å². The lowest BCUT2D eigenvalue weighted by Gasteiger charge is -2.31. The molecule has 0 spiro atoms. The summed E-state index contributed by atoms with van der Waals surface area (Å²) in [4.78, 5) is 1.80. The summed E-state index contributed by atoms with van der Waals surface area (Å²) in [5.41, 5.74) is 0. The molecule has 118 valence electrons. The zero-order valence-corrected chi connectivity index (χ0v) is 14.8. The fourth-order valence-corrected chi connectivity index (χ4v) is 4.76. The van der Waals surface area contributed by atoms with Crippen LogP contribution in [0.2, 0.25) is 0 Å². The van der Waals surface area contributed by atoms with Gasteiger partial charge in [0.05, 0.1) is 49.2 Å². The van der Waals surface area contributed by atoms with Crippen molar-refractivity contribution in [2.75, 3.05) is 39.8 Å². The van der Waals surface area contributed by atoms with Crippen LogP contribution in [0.15, 0.2) is 27.6 Å².